The molecule has 50 valence electrons. The van der Waals surface area contributed by atoms with E-state index in [0.717, 1.165) is 0 Å². The summed E-state index contributed by atoms with van der Waals surface area (Å²) in [6.07, 6.45) is 0. The van der Waals surface area contributed by atoms with E-state index in [1.807, 2.05) is 0 Å². The first kappa shape index (κ1) is 8.88. The van der Waals surface area contributed by atoms with Crippen LogP contribution >= 0.6 is 0 Å². The molecule has 0 saturated carbocycles. The molecule has 0 bridgehead atoms. The average molecular weight is 242 g/mol. The van der Waals surface area contributed by atoms with Gasteiger partial charge in [0, 0.05) is 0 Å². The predicted molar refractivity (Wildman–Crippen MR) is 36.8 cm³/mol. The fourth-order valence-electron chi connectivity index (χ4n) is 0.525. The molecule has 1 N–H and O–H groups in total. The predicted octanol–water partition coefficient (Wildman–Crippen LogP) is 0.775. The molecule has 0 aromatic rings. The van der Waals surface area contributed by atoms with Crippen molar-refractivity contribution in [2.75, 3.05) is 0 Å². The van der Waals surface area contributed by atoms with E-state index in [9.17, 15) is 3.74 Å². The molecule has 0 rings (SSSR count). The molecule has 0 aliphatic carbocycles. The molecule has 0 aliphatic rings. The second kappa shape index (κ2) is 3.15. The summed E-state index contributed by atoms with van der Waals surface area (Å²) in [7, 11) is 0. The summed E-state index contributed by atoms with van der Waals surface area (Å²) in [6.45, 7) is 0. The van der Waals surface area contributed by atoms with Crippen molar-refractivity contribution in [3.63, 3.8) is 0 Å². The number of rotatable bonds is 2. The van der Waals surface area contributed by atoms with Gasteiger partial charge in [0.15, 0.2) is 0 Å². The molecule has 0 aromatic carbocycles. The third-order valence-corrected chi connectivity index (χ3v) is 14.7. The summed E-state index contributed by atoms with van der Waals surface area (Å²) in [6, 6.07) is 0. The van der Waals surface area contributed by atoms with Crippen molar-refractivity contribution < 1.29 is 7.84 Å². The Labute approximate surface area is 57.6 Å². The van der Waals surface area contributed by atoms with Crippen molar-refractivity contribution in [2.24, 2.45) is 0 Å². The van der Waals surface area contributed by atoms with Crippen LogP contribution in [0.5, 0.6) is 0 Å². The van der Waals surface area contributed by atoms with E-state index in [2.05, 4.69) is 11.4 Å². The van der Waals surface area contributed by atoms with Gasteiger partial charge in [-0.3, -0.25) is 0 Å². The fourth-order valence-corrected chi connectivity index (χ4v) is 14.2. The molecule has 8 heavy (non-hydrogen) atoms. The van der Waals surface area contributed by atoms with E-state index in [4.69, 9.17) is 4.10 Å². The van der Waals surface area contributed by atoms with Crippen LogP contribution in [0.2, 0.25) is 21.1 Å². The van der Waals surface area contributed by atoms with Crippen LogP contribution in [0.4, 0.5) is 0 Å². The van der Waals surface area contributed by atoms with Crippen LogP contribution in [0.15, 0.2) is 0 Å². The first-order chi connectivity index (χ1) is 3.42. The topological polar surface area (TPSA) is 37.3 Å². The zero-order valence-corrected chi connectivity index (χ0v) is 9.21. The summed E-state index contributed by atoms with van der Waals surface area (Å²) in [4.78, 5) is 0. The van der Waals surface area contributed by atoms with Crippen LogP contribution in [0, 0.1) is 0 Å². The number of hydrogen-bond acceptors (Lipinski definition) is 1. The summed E-state index contributed by atoms with van der Waals surface area (Å²) in [5, 5.41) is 0. The fraction of sp³-hybridized carbons (Fsp3) is 1.00. The zero-order valence-electron chi connectivity index (χ0n) is 5.46. The maximum atomic E-state index is 10.7. The van der Waals surface area contributed by atoms with E-state index in [1.165, 1.54) is 5.71 Å². The van der Waals surface area contributed by atoms with Gasteiger partial charge in [0.2, 0.25) is 0 Å². The van der Waals surface area contributed by atoms with Gasteiger partial charge in [-0.2, -0.15) is 0 Å². The molecule has 4 heteroatoms. The van der Waals surface area contributed by atoms with Crippen molar-refractivity contribution >= 4 is 28.5 Å². The van der Waals surface area contributed by atoms with Crippen LogP contribution in [0.25, 0.3) is 0 Å². The van der Waals surface area contributed by atoms with Gasteiger partial charge in [-0.1, -0.05) is 0 Å². The zero-order chi connectivity index (χ0) is 6.78. The van der Waals surface area contributed by atoms with Crippen LogP contribution in [0.1, 0.15) is 0 Å². The average Bonchev–Trinajstić information content (AvgIpc) is 1.21. The Morgan fingerprint density at radius 3 is 2.00 bits per heavy atom. The van der Waals surface area contributed by atoms with E-state index in [-0.39, 0.29) is 0 Å². The Balaban J connectivity index is 3.56. The van der Waals surface area contributed by atoms with Gasteiger partial charge >= 0.3 is 57.4 Å². The first-order valence-corrected chi connectivity index (χ1v) is 12.2. The first-order valence-electron chi connectivity index (χ1n) is 2.36. The molecular formula is C4H12As2O2. The van der Waals surface area contributed by atoms with Crippen molar-refractivity contribution in [2.45, 2.75) is 21.1 Å². The van der Waals surface area contributed by atoms with Gasteiger partial charge in [0.25, 0.3) is 0 Å². The molecule has 0 saturated heterocycles. The van der Waals surface area contributed by atoms with Crippen molar-refractivity contribution in [3.8, 4) is 0 Å². The summed E-state index contributed by atoms with van der Waals surface area (Å²) < 4.78 is 20.2. The second-order valence-electron chi connectivity index (χ2n) is 2.27. The molecule has 0 spiro atoms. The Morgan fingerprint density at radius 1 is 1.62 bits per heavy atom. The Morgan fingerprint density at radius 2 is 2.00 bits per heavy atom. The minimum atomic E-state index is -3.20. The van der Waals surface area contributed by atoms with E-state index in [0.29, 0.717) is 4.00 Å². The van der Waals surface area contributed by atoms with Crippen LogP contribution in [-0.4, -0.2) is 32.6 Å². The monoisotopic (exact) mass is 242 g/mol. The molecule has 0 amide bonds. The maximum absolute atomic E-state index is 10.7. The molecular weight excluding hydrogens is 230 g/mol. The van der Waals surface area contributed by atoms with Crippen LogP contribution < -0.4 is 0 Å². The summed E-state index contributed by atoms with van der Waals surface area (Å²) in [5.41, 5.74) is 5.69. The quantitative estimate of drug-likeness (QED) is 0.726. The van der Waals surface area contributed by atoms with Crippen LogP contribution in [0.3, 0.4) is 0 Å². The molecule has 0 aromatic heterocycles. The Bertz CT molecular complexity index is 105. The minimum absolute atomic E-state index is 0.644. The third kappa shape index (κ3) is 6.88. The molecule has 0 radical (unpaired) electrons. The van der Waals surface area contributed by atoms with Crippen molar-refractivity contribution in [1.29, 1.82) is 0 Å². The SMILES string of the molecule is C[As](C)C[As](C)(=O)O. The Kier molecular flexibility index (Phi) is 3.49. The summed E-state index contributed by atoms with van der Waals surface area (Å²) in [5.74, 6) is 0. The van der Waals surface area contributed by atoms with E-state index < -0.39 is 28.5 Å². The number of hydrogen-bond donors (Lipinski definition) is 1. The molecule has 0 fully saturated rings. The van der Waals surface area contributed by atoms with Gasteiger partial charge < -0.3 is 0 Å². The standard InChI is InChI=1S/C4H12As2O2/c1-5(2)4-6(3,7)8/h4H2,1-3H3,(H,7,8). The molecule has 1 unspecified atom stereocenters. The van der Waals surface area contributed by atoms with Gasteiger partial charge in [-0.05, 0) is 0 Å². The van der Waals surface area contributed by atoms with Gasteiger partial charge in [-0.25, -0.2) is 0 Å². The molecule has 2 nitrogen and oxygen atoms in total. The normalized spacial score (nSPS) is 18.6. The molecule has 0 heterocycles. The van der Waals surface area contributed by atoms with Crippen molar-refractivity contribution in [1.82, 2.24) is 0 Å². The van der Waals surface area contributed by atoms with E-state index >= 15 is 0 Å². The van der Waals surface area contributed by atoms with Crippen molar-refractivity contribution in [3.05, 3.63) is 0 Å². The molecule has 0 aliphatic heterocycles. The van der Waals surface area contributed by atoms with Gasteiger partial charge in [-0.15, -0.1) is 0 Å². The molecule has 1 atom stereocenters. The Hall–Kier alpha value is 0.877. The third-order valence-electron chi connectivity index (χ3n) is 0.545. The second-order valence-corrected chi connectivity index (χ2v) is 14.9. The summed E-state index contributed by atoms with van der Waals surface area (Å²) >= 11 is -4.04. The van der Waals surface area contributed by atoms with Gasteiger partial charge in [0.1, 0.15) is 0 Å². The van der Waals surface area contributed by atoms with Crippen LogP contribution in [-0.2, 0) is 3.74 Å². The van der Waals surface area contributed by atoms with Gasteiger partial charge in [0.05, 0.1) is 0 Å². The van der Waals surface area contributed by atoms with E-state index in [1.54, 1.807) is 0 Å².